The average molecular weight is 533 g/mol. The summed E-state index contributed by atoms with van der Waals surface area (Å²) in [5.41, 5.74) is 1.63. The van der Waals surface area contributed by atoms with E-state index < -0.39 is 17.4 Å². The van der Waals surface area contributed by atoms with Crippen molar-refractivity contribution in [2.24, 2.45) is 0 Å². The standard InChI is InChI=1S/C26H20Cl3NO5/c1-13-4-6-15(7-5-13)23-25(22(31)18-10-17(28)11-19(29)24(18)35-23)34-14(2)26(32)30-20-12-16(27)8-9-21(20)33-3/h4-12,14H,1-3H3,(H,30,32). The Morgan fingerprint density at radius 3 is 2.40 bits per heavy atom. The summed E-state index contributed by atoms with van der Waals surface area (Å²) in [6, 6.07) is 15.1. The molecule has 3 aromatic carbocycles. The van der Waals surface area contributed by atoms with E-state index in [1.54, 1.807) is 30.3 Å². The fourth-order valence-corrected chi connectivity index (χ4v) is 4.16. The third-order valence-corrected chi connectivity index (χ3v) is 6.00. The van der Waals surface area contributed by atoms with Gasteiger partial charge in [-0.25, -0.2) is 0 Å². The van der Waals surface area contributed by atoms with Gasteiger partial charge in [0.1, 0.15) is 5.75 Å². The molecule has 0 aliphatic carbocycles. The highest BCUT2D eigenvalue weighted by atomic mass is 35.5. The second-order valence-corrected chi connectivity index (χ2v) is 9.09. The SMILES string of the molecule is COc1ccc(Cl)cc1NC(=O)C(C)Oc1c(-c2ccc(C)cc2)oc2c(Cl)cc(Cl)cc2c1=O. The minimum absolute atomic E-state index is 0.137. The summed E-state index contributed by atoms with van der Waals surface area (Å²) in [7, 11) is 1.48. The summed E-state index contributed by atoms with van der Waals surface area (Å²) < 4.78 is 17.2. The number of hydrogen-bond donors (Lipinski definition) is 1. The predicted molar refractivity (Wildman–Crippen MR) is 139 cm³/mol. The van der Waals surface area contributed by atoms with Crippen molar-refractivity contribution in [2.75, 3.05) is 12.4 Å². The smallest absolute Gasteiger partial charge is 0.265 e. The van der Waals surface area contributed by atoms with Gasteiger partial charge in [0.05, 0.1) is 23.2 Å². The number of halogens is 3. The predicted octanol–water partition coefficient (Wildman–Crippen LogP) is 7.14. The van der Waals surface area contributed by atoms with Gasteiger partial charge in [0.15, 0.2) is 17.4 Å². The van der Waals surface area contributed by atoms with Gasteiger partial charge in [-0.05, 0) is 44.2 Å². The Kier molecular flexibility index (Phi) is 7.26. The molecule has 9 heteroatoms. The number of hydrogen-bond acceptors (Lipinski definition) is 5. The summed E-state index contributed by atoms with van der Waals surface area (Å²) in [6.45, 7) is 3.45. The van der Waals surface area contributed by atoms with E-state index in [0.717, 1.165) is 5.56 Å². The molecule has 0 aliphatic rings. The number of carbonyl (C=O) groups excluding carboxylic acids is 1. The summed E-state index contributed by atoms with van der Waals surface area (Å²) in [5.74, 6) is -0.0963. The van der Waals surface area contributed by atoms with E-state index in [2.05, 4.69) is 5.32 Å². The van der Waals surface area contributed by atoms with Gasteiger partial charge in [-0.15, -0.1) is 0 Å². The maximum atomic E-state index is 13.5. The number of ether oxygens (including phenoxy) is 2. The Balaban J connectivity index is 1.77. The van der Waals surface area contributed by atoms with Crippen LogP contribution >= 0.6 is 34.8 Å². The van der Waals surface area contributed by atoms with Crippen molar-refractivity contribution in [3.63, 3.8) is 0 Å². The molecule has 0 saturated carbocycles. The van der Waals surface area contributed by atoms with Crippen molar-refractivity contribution in [1.29, 1.82) is 0 Å². The number of anilines is 1. The van der Waals surface area contributed by atoms with Crippen LogP contribution < -0.4 is 20.2 Å². The molecule has 6 nitrogen and oxygen atoms in total. The zero-order valence-electron chi connectivity index (χ0n) is 18.9. The first kappa shape index (κ1) is 24.9. The van der Waals surface area contributed by atoms with E-state index in [0.29, 0.717) is 22.0 Å². The molecular formula is C26H20Cl3NO5. The van der Waals surface area contributed by atoms with Crippen LogP contribution in [0.1, 0.15) is 12.5 Å². The van der Waals surface area contributed by atoms with Crippen molar-refractivity contribution in [1.82, 2.24) is 0 Å². The zero-order chi connectivity index (χ0) is 25.3. The molecule has 1 aromatic heterocycles. The Bertz CT molecular complexity index is 1480. The number of carbonyl (C=O) groups is 1. The fraction of sp³-hybridized carbons (Fsp3) is 0.154. The minimum atomic E-state index is -1.09. The number of benzene rings is 3. The highest BCUT2D eigenvalue weighted by Gasteiger charge is 2.25. The number of methoxy groups -OCH3 is 1. The molecule has 1 heterocycles. The lowest BCUT2D eigenvalue weighted by atomic mass is 10.1. The molecule has 0 aliphatic heterocycles. The summed E-state index contributed by atoms with van der Waals surface area (Å²) in [6.07, 6.45) is -1.09. The van der Waals surface area contributed by atoms with E-state index in [1.165, 1.54) is 26.2 Å². The first-order valence-electron chi connectivity index (χ1n) is 10.5. The molecule has 0 spiro atoms. The van der Waals surface area contributed by atoms with E-state index in [1.807, 2.05) is 19.1 Å². The molecule has 1 amide bonds. The van der Waals surface area contributed by atoms with E-state index in [9.17, 15) is 9.59 Å². The lowest BCUT2D eigenvalue weighted by Gasteiger charge is -2.18. The van der Waals surface area contributed by atoms with Crippen LogP contribution in [0.25, 0.3) is 22.3 Å². The van der Waals surface area contributed by atoms with Crippen LogP contribution in [-0.4, -0.2) is 19.1 Å². The van der Waals surface area contributed by atoms with Gasteiger partial charge < -0.3 is 19.2 Å². The van der Waals surface area contributed by atoms with Gasteiger partial charge >= 0.3 is 0 Å². The molecule has 0 bridgehead atoms. The fourth-order valence-electron chi connectivity index (χ4n) is 3.45. The van der Waals surface area contributed by atoms with Crippen molar-refractivity contribution < 1.29 is 18.7 Å². The van der Waals surface area contributed by atoms with Gasteiger partial charge in [-0.1, -0.05) is 64.6 Å². The Morgan fingerprint density at radius 1 is 1.00 bits per heavy atom. The molecular weight excluding hydrogens is 513 g/mol. The topological polar surface area (TPSA) is 77.8 Å². The van der Waals surface area contributed by atoms with Crippen LogP contribution in [0.5, 0.6) is 11.5 Å². The average Bonchev–Trinajstić information content (AvgIpc) is 2.82. The largest absolute Gasteiger partial charge is 0.495 e. The number of rotatable bonds is 6. The molecule has 1 N–H and O–H groups in total. The molecule has 1 atom stereocenters. The molecule has 0 saturated heterocycles. The third kappa shape index (κ3) is 5.25. The normalized spacial score (nSPS) is 11.8. The number of nitrogens with one attached hydrogen (secondary N) is 1. The zero-order valence-corrected chi connectivity index (χ0v) is 21.2. The Morgan fingerprint density at radius 2 is 1.71 bits per heavy atom. The second-order valence-electron chi connectivity index (χ2n) is 7.81. The third-order valence-electron chi connectivity index (χ3n) is 5.27. The molecule has 35 heavy (non-hydrogen) atoms. The van der Waals surface area contributed by atoms with Crippen LogP contribution in [-0.2, 0) is 4.79 Å². The molecule has 0 radical (unpaired) electrons. The van der Waals surface area contributed by atoms with Crippen LogP contribution in [0.2, 0.25) is 15.1 Å². The summed E-state index contributed by atoms with van der Waals surface area (Å²) in [5, 5.41) is 3.72. The summed E-state index contributed by atoms with van der Waals surface area (Å²) in [4.78, 5) is 26.4. The number of fused-ring (bicyclic) bond motifs is 1. The monoisotopic (exact) mass is 531 g/mol. The van der Waals surface area contributed by atoms with Crippen molar-refractivity contribution in [3.05, 3.63) is 85.5 Å². The first-order chi connectivity index (χ1) is 16.7. The van der Waals surface area contributed by atoms with Gasteiger partial charge in [0.25, 0.3) is 5.91 Å². The van der Waals surface area contributed by atoms with Crippen LogP contribution in [0.15, 0.2) is 63.8 Å². The lowest BCUT2D eigenvalue weighted by molar-refractivity contribution is -0.122. The highest BCUT2D eigenvalue weighted by Crippen LogP contribution is 2.36. The van der Waals surface area contributed by atoms with Gasteiger partial charge in [0.2, 0.25) is 11.2 Å². The quantitative estimate of drug-likeness (QED) is 0.285. The van der Waals surface area contributed by atoms with Gasteiger partial charge in [0, 0.05) is 15.6 Å². The molecule has 180 valence electrons. The Labute approximate surface area is 216 Å². The molecule has 4 aromatic rings. The van der Waals surface area contributed by atoms with E-state index >= 15 is 0 Å². The van der Waals surface area contributed by atoms with Crippen LogP contribution in [0.3, 0.4) is 0 Å². The summed E-state index contributed by atoms with van der Waals surface area (Å²) >= 11 is 18.5. The van der Waals surface area contributed by atoms with Crippen LogP contribution in [0, 0.1) is 6.92 Å². The van der Waals surface area contributed by atoms with Crippen LogP contribution in [0.4, 0.5) is 5.69 Å². The molecule has 4 rings (SSSR count). The lowest BCUT2D eigenvalue weighted by Crippen LogP contribution is -2.32. The minimum Gasteiger partial charge on any atom is -0.495 e. The van der Waals surface area contributed by atoms with Gasteiger partial charge in [-0.2, -0.15) is 0 Å². The van der Waals surface area contributed by atoms with E-state index in [4.69, 9.17) is 48.7 Å². The van der Waals surface area contributed by atoms with Crippen molar-refractivity contribution in [3.8, 4) is 22.8 Å². The number of amides is 1. The first-order valence-corrected chi connectivity index (χ1v) is 11.6. The van der Waals surface area contributed by atoms with Crippen molar-refractivity contribution in [2.45, 2.75) is 20.0 Å². The highest BCUT2D eigenvalue weighted by molar-refractivity contribution is 6.38. The maximum absolute atomic E-state index is 13.5. The second kappa shape index (κ2) is 10.2. The van der Waals surface area contributed by atoms with Crippen molar-refractivity contribution >= 4 is 57.4 Å². The Hall–Kier alpha value is -3.19. The maximum Gasteiger partial charge on any atom is 0.265 e. The molecule has 1 unspecified atom stereocenters. The number of aryl methyl sites for hydroxylation is 1. The van der Waals surface area contributed by atoms with E-state index in [-0.39, 0.29) is 32.5 Å². The molecule has 0 fully saturated rings. The van der Waals surface area contributed by atoms with Gasteiger partial charge in [-0.3, -0.25) is 9.59 Å².